The van der Waals surface area contributed by atoms with Crippen molar-refractivity contribution in [3.05, 3.63) is 0 Å². The molecule has 0 nitrogen and oxygen atoms in total. The van der Waals surface area contributed by atoms with Crippen LogP contribution in [-0.4, -0.2) is 50.1 Å². The summed E-state index contributed by atoms with van der Waals surface area (Å²) < 4.78 is 0. The fourth-order valence-electron chi connectivity index (χ4n) is 0.250. The Morgan fingerprint density at radius 2 is 1.50 bits per heavy atom. The summed E-state index contributed by atoms with van der Waals surface area (Å²) in [5.41, 5.74) is 0. The van der Waals surface area contributed by atoms with E-state index in [1.165, 1.54) is 20.9 Å². The molecule has 0 unspecified atom stereocenters. The summed E-state index contributed by atoms with van der Waals surface area (Å²) >= 11 is 0. The van der Waals surface area contributed by atoms with Gasteiger partial charge >= 0.3 is 0 Å². The zero-order valence-corrected chi connectivity index (χ0v) is 7.83. The summed E-state index contributed by atoms with van der Waals surface area (Å²) in [7, 11) is 1.20. The fraction of sp³-hybridized carbons (Fsp3) is 1.00. The van der Waals surface area contributed by atoms with E-state index >= 15 is 0 Å². The quantitative estimate of drug-likeness (QED) is 0.390. The Morgan fingerprint density at radius 3 is 1.50 bits per heavy atom. The Bertz CT molecular complexity index is 15.0. The minimum Gasteiger partial charge on any atom is -0.123 e. The van der Waals surface area contributed by atoms with Gasteiger partial charge in [0.15, 0.2) is 0 Å². The van der Waals surface area contributed by atoms with Gasteiger partial charge in [0, 0.05) is 37.7 Å². The summed E-state index contributed by atoms with van der Waals surface area (Å²) in [5.74, 6) is 0. The maximum atomic E-state index is 2.22. The smallest absolute Gasteiger partial charge is 0 e. The van der Waals surface area contributed by atoms with Crippen molar-refractivity contribution in [2.75, 3.05) is 12.3 Å². The van der Waals surface area contributed by atoms with Crippen LogP contribution in [0.15, 0.2) is 0 Å². The van der Waals surface area contributed by atoms with Crippen LogP contribution in [0.2, 0.25) is 0 Å². The van der Waals surface area contributed by atoms with Crippen LogP contribution in [0, 0.1) is 0 Å². The van der Waals surface area contributed by atoms with Gasteiger partial charge in [-0.1, -0.05) is 13.8 Å². The van der Waals surface area contributed by atoms with E-state index < -0.39 is 0 Å². The van der Waals surface area contributed by atoms with Gasteiger partial charge < -0.3 is 0 Å². The van der Waals surface area contributed by atoms with Crippen LogP contribution in [0.4, 0.5) is 0 Å². The Balaban J connectivity index is 0. The molecule has 0 fully saturated rings. The molecule has 2 heteroatoms. The molecular weight excluding hydrogens is 119 g/mol. The van der Waals surface area contributed by atoms with Gasteiger partial charge in [0.1, 0.15) is 0 Å². The van der Waals surface area contributed by atoms with E-state index in [-0.39, 0.29) is 37.7 Å². The molecule has 2 radical (unpaired) electrons. The van der Waals surface area contributed by atoms with Gasteiger partial charge in [0.2, 0.25) is 0 Å². The predicted molar refractivity (Wildman–Crippen MR) is 35.2 cm³/mol. The van der Waals surface area contributed by atoms with E-state index in [0.29, 0.717) is 0 Å². The van der Waals surface area contributed by atoms with Crippen molar-refractivity contribution < 1.29 is 0 Å². The number of hydrogen-bond acceptors (Lipinski definition) is 0. The van der Waals surface area contributed by atoms with Crippen molar-refractivity contribution in [1.82, 2.24) is 0 Å². The van der Waals surface area contributed by atoms with Crippen molar-refractivity contribution in [2.45, 2.75) is 13.8 Å². The van der Waals surface area contributed by atoms with Crippen LogP contribution in [-0.2, 0) is 0 Å². The number of hydrogen-bond donors (Lipinski definition) is 0. The van der Waals surface area contributed by atoms with E-state index in [0.717, 1.165) is 0 Å². The molecule has 0 saturated carbocycles. The van der Waals surface area contributed by atoms with Gasteiger partial charge in [-0.15, -0.1) is 8.58 Å². The zero-order chi connectivity index (χ0) is 4.12. The fourth-order valence-corrected chi connectivity index (χ4v) is 0.750. The molecule has 0 aromatic rings. The first kappa shape index (κ1) is 10.6. The van der Waals surface area contributed by atoms with Crippen molar-refractivity contribution in [2.24, 2.45) is 0 Å². The molecule has 0 aromatic carbocycles. The summed E-state index contributed by atoms with van der Waals surface area (Å²) in [6.07, 6.45) is 2.74. The Labute approximate surface area is 71.9 Å². The van der Waals surface area contributed by atoms with Crippen LogP contribution in [0.5, 0.6) is 0 Å². The van der Waals surface area contributed by atoms with Crippen molar-refractivity contribution in [3.8, 4) is 0 Å². The first-order chi connectivity index (χ1) is 2.41. The molecule has 0 amide bonds. The summed E-state index contributed by atoms with van der Waals surface area (Å²) in [4.78, 5) is 0. The molecule has 0 aromatic heterocycles. The first-order valence-corrected chi connectivity index (χ1v) is 3.54. The first-order valence-electron chi connectivity index (χ1n) is 2.12. The molecule has 0 aliphatic rings. The average Bonchev–Trinajstić information content (AvgIpc) is 1.41. The van der Waals surface area contributed by atoms with Crippen LogP contribution in [0.3, 0.4) is 0 Å². The van der Waals surface area contributed by atoms with Crippen molar-refractivity contribution in [1.29, 1.82) is 0 Å². The third-order valence-electron chi connectivity index (χ3n) is 0.500. The standard InChI is InChI=1S/C4H11P.Ca/c1-3-5-4-2;/h5H,3-4H2,1-2H3;. The van der Waals surface area contributed by atoms with Gasteiger partial charge in [-0.3, -0.25) is 0 Å². The minimum absolute atomic E-state index is 0. The molecule has 0 N–H and O–H groups in total. The molecule has 0 spiro atoms. The molecule has 0 heterocycles. The Kier molecular flexibility index (Phi) is 17.4. The maximum Gasteiger partial charge on any atom is 0 e. The monoisotopic (exact) mass is 130 g/mol. The van der Waals surface area contributed by atoms with Gasteiger partial charge in [-0.05, 0) is 12.3 Å². The van der Waals surface area contributed by atoms with Crippen LogP contribution in [0.25, 0.3) is 0 Å². The molecule has 0 aliphatic carbocycles. The third kappa shape index (κ3) is 9.19. The van der Waals surface area contributed by atoms with Gasteiger partial charge in [-0.2, -0.15) is 0 Å². The second-order valence-electron chi connectivity index (χ2n) is 0.957. The topological polar surface area (TPSA) is 0 Å². The average molecular weight is 130 g/mol. The molecule has 0 saturated heterocycles. The second-order valence-corrected chi connectivity index (χ2v) is 2.87. The van der Waals surface area contributed by atoms with E-state index in [1.54, 1.807) is 0 Å². The SMILES string of the molecule is CCPCC.[Ca]. The molecule has 34 valence electrons. The molecule has 0 aliphatic heterocycles. The largest absolute Gasteiger partial charge is 0.123 e. The maximum absolute atomic E-state index is 2.22. The minimum atomic E-state index is 0. The summed E-state index contributed by atoms with van der Waals surface area (Å²) in [6.45, 7) is 4.45. The molecule has 0 atom stereocenters. The molecule has 6 heavy (non-hydrogen) atoms. The molecule has 0 bridgehead atoms. The van der Waals surface area contributed by atoms with Gasteiger partial charge in [0.05, 0.1) is 0 Å². The normalized spacial score (nSPS) is 7.00. The Hall–Kier alpha value is 1.69. The Morgan fingerprint density at radius 1 is 1.17 bits per heavy atom. The van der Waals surface area contributed by atoms with E-state index in [2.05, 4.69) is 13.8 Å². The van der Waals surface area contributed by atoms with Crippen LogP contribution in [0.1, 0.15) is 13.8 Å². The summed E-state index contributed by atoms with van der Waals surface area (Å²) in [5, 5.41) is 0. The van der Waals surface area contributed by atoms with Gasteiger partial charge in [0.25, 0.3) is 0 Å². The molecule has 0 rings (SSSR count). The molecular formula is C4H11CaP. The van der Waals surface area contributed by atoms with E-state index in [1.807, 2.05) is 0 Å². The third-order valence-corrected chi connectivity index (χ3v) is 1.50. The van der Waals surface area contributed by atoms with E-state index in [9.17, 15) is 0 Å². The zero-order valence-electron chi connectivity index (χ0n) is 4.62. The van der Waals surface area contributed by atoms with Crippen molar-refractivity contribution >= 4 is 46.3 Å². The van der Waals surface area contributed by atoms with Crippen LogP contribution < -0.4 is 0 Å². The summed E-state index contributed by atoms with van der Waals surface area (Å²) in [6, 6.07) is 0. The van der Waals surface area contributed by atoms with Crippen molar-refractivity contribution in [3.63, 3.8) is 0 Å². The predicted octanol–water partition coefficient (Wildman–Crippen LogP) is 1.32. The second kappa shape index (κ2) is 9.85. The van der Waals surface area contributed by atoms with E-state index in [4.69, 9.17) is 0 Å². The van der Waals surface area contributed by atoms with Crippen LogP contribution >= 0.6 is 8.58 Å². The number of rotatable bonds is 2. The van der Waals surface area contributed by atoms with Gasteiger partial charge in [-0.25, -0.2) is 0 Å².